The Morgan fingerprint density at radius 1 is 1.14 bits per heavy atom. The number of alkyl halides is 3. The molecule has 0 radical (unpaired) electrons. The van der Waals surface area contributed by atoms with Crippen molar-refractivity contribution in [3.8, 4) is 5.75 Å². The second-order valence-corrected chi connectivity index (χ2v) is 9.32. The van der Waals surface area contributed by atoms with Gasteiger partial charge in [-0.15, -0.1) is 0 Å². The number of nitro benzene ring substituents is 1. The molecule has 2 fully saturated rings. The highest BCUT2D eigenvalue weighted by Gasteiger charge is 2.38. The van der Waals surface area contributed by atoms with Crippen LogP contribution >= 0.6 is 0 Å². The van der Waals surface area contributed by atoms with Crippen molar-refractivity contribution in [3.63, 3.8) is 0 Å². The van der Waals surface area contributed by atoms with E-state index >= 15 is 0 Å². The van der Waals surface area contributed by atoms with Crippen LogP contribution in [0.25, 0.3) is 0 Å². The van der Waals surface area contributed by atoms with Gasteiger partial charge in [-0.1, -0.05) is 6.92 Å². The van der Waals surface area contributed by atoms with Crippen LogP contribution in [0.1, 0.15) is 44.6 Å². The smallest absolute Gasteiger partial charge is 0.423 e. The summed E-state index contributed by atoms with van der Waals surface area (Å²) in [5.74, 6) is 0.820. The number of halogens is 3. The summed E-state index contributed by atoms with van der Waals surface area (Å²) >= 11 is 0. The van der Waals surface area contributed by atoms with Crippen molar-refractivity contribution in [1.29, 1.82) is 0 Å². The zero-order valence-electron chi connectivity index (χ0n) is 20.5. The van der Waals surface area contributed by atoms with E-state index in [4.69, 9.17) is 4.74 Å². The number of carbonyl (C=O) groups excluding carboxylic acids is 1. The van der Waals surface area contributed by atoms with Gasteiger partial charge in [0.25, 0.3) is 5.69 Å². The van der Waals surface area contributed by atoms with Gasteiger partial charge >= 0.3 is 6.18 Å². The summed E-state index contributed by atoms with van der Waals surface area (Å²) in [6.45, 7) is 4.67. The average Bonchev–Trinajstić information content (AvgIpc) is 2.89. The number of aromatic nitrogens is 1. The number of ether oxygens (including phenoxy) is 1. The predicted octanol–water partition coefficient (Wildman–Crippen LogP) is 4.87. The van der Waals surface area contributed by atoms with Crippen LogP contribution in [0.4, 0.5) is 30.2 Å². The fraction of sp³-hybridized carbons (Fsp3) is 0.520. The number of nitrogens with one attached hydrogen (secondary N) is 1. The van der Waals surface area contributed by atoms with Gasteiger partial charge in [0.05, 0.1) is 29.1 Å². The number of carbonyl (C=O) groups is 1. The van der Waals surface area contributed by atoms with E-state index in [0.29, 0.717) is 50.9 Å². The number of amides is 1. The summed E-state index contributed by atoms with van der Waals surface area (Å²) in [7, 11) is 0. The molecule has 1 aromatic carbocycles. The third-order valence-corrected chi connectivity index (χ3v) is 6.85. The van der Waals surface area contributed by atoms with E-state index in [1.807, 2.05) is 17.9 Å². The Kier molecular flexibility index (Phi) is 8.03. The largest absolute Gasteiger partial charge is 0.489 e. The lowest BCUT2D eigenvalue weighted by atomic mass is 9.92. The number of piperazine rings is 1. The van der Waals surface area contributed by atoms with Crippen LogP contribution in [0.15, 0.2) is 36.7 Å². The van der Waals surface area contributed by atoms with Crippen molar-refractivity contribution in [2.45, 2.75) is 57.3 Å². The fourth-order valence-corrected chi connectivity index (χ4v) is 4.85. The lowest BCUT2D eigenvalue weighted by Gasteiger charge is -2.36. The number of hydrogen-bond acceptors (Lipinski definition) is 7. The molecule has 2 heterocycles. The van der Waals surface area contributed by atoms with Crippen LogP contribution in [0.3, 0.4) is 0 Å². The minimum absolute atomic E-state index is 0.0447. The molecule has 0 unspecified atom stereocenters. The average molecular weight is 522 g/mol. The van der Waals surface area contributed by atoms with Crippen LogP contribution in [0.2, 0.25) is 0 Å². The first-order chi connectivity index (χ1) is 17.6. The number of nitro groups is 1. The molecule has 1 aromatic heterocycles. The number of pyridine rings is 1. The predicted molar refractivity (Wildman–Crippen MR) is 132 cm³/mol. The van der Waals surface area contributed by atoms with Crippen LogP contribution in [0, 0.1) is 10.1 Å². The Hall–Kier alpha value is -3.57. The monoisotopic (exact) mass is 521 g/mol. The molecule has 1 aliphatic heterocycles. The quantitative estimate of drug-likeness (QED) is 0.410. The molecule has 200 valence electrons. The molecule has 2 aromatic rings. The molecule has 2 aliphatic rings. The number of anilines is 2. The third kappa shape index (κ3) is 6.60. The maximum atomic E-state index is 13.3. The number of rotatable bonds is 7. The van der Waals surface area contributed by atoms with Crippen LogP contribution < -0.4 is 15.0 Å². The number of benzene rings is 1. The summed E-state index contributed by atoms with van der Waals surface area (Å²) in [5.41, 5.74) is -1.07. The molecule has 0 bridgehead atoms. The van der Waals surface area contributed by atoms with Gasteiger partial charge in [0, 0.05) is 56.5 Å². The van der Waals surface area contributed by atoms with Gasteiger partial charge in [0.15, 0.2) is 0 Å². The van der Waals surface area contributed by atoms with Gasteiger partial charge in [0.2, 0.25) is 5.91 Å². The standard InChI is InChI=1S/C25H30F3N5O4/c1-2-24(34)32-11-9-31(10-12-32)19-14-21(16-29-15-19)37-20-6-3-17(4-7-20)30-18-5-8-23(33(35)36)22(13-18)25(26,27)28/h5,8,13-17,20,30H,2-4,6-7,9-12H2,1H3/t17-,20-. The Balaban J connectivity index is 1.30. The van der Waals surface area contributed by atoms with Crippen molar-refractivity contribution in [2.24, 2.45) is 0 Å². The molecule has 1 saturated carbocycles. The van der Waals surface area contributed by atoms with Crippen molar-refractivity contribution >= 4 is 23.0 Å². The summed E-state index contributed by atoms with van der Waals surface area (Å²) in [6, 6.07) is 4.89. The number of hydrogen-bond donors (Lipinski definition) is 1. The summed E-state index contributed by atoms with van der Waals surface area (Å²) in [4.78, 5) is 30.2. The lowest BCUT2D eigenvalue weighted by molar-refractivity contribution is -0.388. The second kappa shape index (κ2) is 11.2. The van der Waals surface area contributed by atoms with Crippen molar-refractivity contribution < 1.29 is 27.6 Å². The highest BCUT2D eigenvalue weighted by atomic mass is 19.4. The van der Waals surface area contributed by atoms with Crippen molar-refractivity contribution in [2.75, 3.05) is 36.4 Å². The Morgan fingerprint density at radius 3 is 2.46 bits per heavy atom. The van der Waals surface area contributed by atoms with Gasteiger partial charge in [-0.2, -0.15) is 13.2 Å². The molecule has 1 aliphatic carbocycles. The highest BCUT2D eigenvalue weighted by molar-refractivity contribution is 5.76. The fourth-order valence-electron chi connectivity index (χ4n) is 4.85. The Morgan fingerprint density at radius 2 is 1.84 bits per heavy atom. The van der Waals surface area contributed by atoms with Gasteiger partial charge in [-0.05, 0) is 37.8 Å². The summed E-state index contributed by atoms with van der Waals surface area (Å²) in [6.07, 6.45) is 1.88. The highest BCUT2D eigenvalue weighted by Crippen LogP contribution is 2.38. The van der Waals surface area contributed by atoms with Crippen molar-refractivity contribution in [1.82, 2.24) is 9.88 Å². The van der Waals surface area contributed by atoms with E-state index in [-0.39, 0.29) is 23.7 Å². The topological polar surface area (TPSA) is 101 Å². The van der Waals surface area contributed by atoms with Crippen molar-refractivity contribution in [3.05, 3.63) is 52.3 Å². The molecule has 0 spiro atoms. The molecule has 4 rings (SSSR count). The van der Waals surface area contributed by atoms with E-state index in [2.05, 4.69) is 15.2 Å². The summed E-state index contributed by atoms with van der Waals surface area (Å²) in [5, 5.41) is 14.1. The molecule has 9 nitrogen and oxygen atoms in total. The summed E-state index contributed by atoms with van der Waals surface area (Å²) < 4.78 is 46.0. The molecule has 0 atom stereocenters. The maximum Gasteiger partial charge on any atom is 0.423 e. The van der Waals surface area contributed by atoms with Gasteiger partial charge < -0.3 is 19.9 Å². The van der Waals surface area contributed by atoms with E-state index < -0.39 is 22.4 Å². The van der Waals surface area contributed by atoms with Crippen LogP contribution in [-0.2, 0) is 11.0 Å². The van der Waals surface area contributed by atoms with Gasteiger partial charge in [-0.25, -0.2) is 0 Å². The van der Waals surface area contributed by atoms with Gasteiger partial charge in [-0.3, -0.25) is 19.9 Å². The molecule has 37 heavy (non-hydrogen) atoms. The molecule has 1 amide bonds. The molecular formula is C25H30F3N5O4. The lowest BCUT2D eigenvalue weighted by Crippen LogP contribution is -2.48. The zero-order chi connectivity index (χ0) is 26.6. The van der Waals surface area contributed by atoms with E-state index in [0.717, 1.165) is 30.9 Å². The van der Waals surface area contributed by atoms with Crippen LogP contribution in [-0.4, -0.2) is 59.0 Å². The third-order valence-electron chi connectivity index (χ3n) is 6.85. The SMILES string of the molecule is CCC(=O)N1CCN(c2cncc(O[C@H]3CC[C@H](Nc4ccc([N+](=O)[O-])c(C(F)(F)F)c4)CC3)c2)CC1. The van der Waals surface area contributed by atoms with Crippen LogP contribution in [0.5, 0.6) is 5.75 Å². The maximum absolute atomic E-state index is 13.3. The van der Waals surface area contributed by atoms with Gasteiger partial charge in [0.1, 0.15) is 11.3 Å². The van der Waals surface area contributed by atoms with E-state index in [1.54, 1.807) is 12.4 Å². The first-order valence-electron chi connectivity index (χ1n) is 12.4. The zero-order valence-corrected chi connectivity index (χ0v) is 20.5. The minimum atomic E-state index is -4.81. The normalized spacial score (nSPS) is 20.4. The second-order valence-electron chi connectivity index (χ2n) is 9.32. The molecule has 12 heteroatoms. The Bertz CT molecular complexity index is 1110. The first-order valence-corrected chi connectivity index (χ1v) is 12.4. The molecule has 1 N–H and O–H groups in total. The minimum Gasteiger partial charge on any atom is -0.489 e. The Labute approximate surface area is 212 Å². The van der Waals surface area contributed by atoms with E-state index in [1.165, 1.54) is 6.07 Å². The molecule has 1 saturated heterocycles. The molecular weight excluding hydrogens is 491 g/mol. The number of nitrogens with zero attached hydrogens (tertiary/aromatic N) is 4. The first kappa shape index (κ1) is 26.5. The van der Waals surface area contributed by atoms with E-state index in [9.17, 15) is 28.1 Å².